The predicted octanol–water partition coefficient (Wildman–Crippen LogP) is 3.54. The summed E-state index contributed by atoms with van der Waals surface area (Å²) in [6.07, 6.45) is 13.2. The molecule has 0 aliphatic carbocycles. The molecule has 0 spiro atoms. The first kappa shape index (κ1) is 23.7. The minimum atomic E-state index is -0.337. The highest BCUT2D eigenvalue weighted by Gasteiger charge is 2.10. The molecule has 0 aliphatic heterocycles. The van der Waals surface area contributed by atoms with Gasteiger partial charge in [0.05, 0.1) is 6.54 Å². The van der Waals surface area contributed by atoms with Gasteiger partial charge in [0.1, 0.15) is 6.67 Å². The number of benzene rings is 1. The molecule has 0 heterocycles. The maximum absolute atomic E-state index is 10.9. The molecule has 4 N–H and O–H groups in total. The molecule has 0 aliphatic rings. The van der Waals surface area contributed by atoms with Crippen LogP contribution in [0.25, 0.3) is 0 Å². The number of hydrogen-bond donors (Lipinski definition) is 2. The number of alkyl halides is 1. The molecule has 0 aromatic heterocycles. The first-order chi connectivity index (χ1) is 11.5. The van der Waals surface area contributed by atoms with Crippen LogP contribution >= 0.6 is 0 Å². The number of hydrazine groups is 1. The van der Waals surface area contributed by atoms with E-state index in [1.807, 2.05) is 51.1 Å². The van der Waals surface area contributed by atoms with Gasteiger partial charge in [-0.25, -0.2) is 10.2 Å². The number of halogens is 1. The number of amidine groups is 1. The number of hydrazone groups is 1. The Labute approximate surface area is 145 Å². The Balaban J connectivity index is 0. The molecule has 5 heteroatoms. The summed E-state index contributed by atoms with van der Waals surface area (Å²) < 4.78 is 10.9. The number of rotatable bonds is 4. The highest BCUT2D eigenvalue weighted by Crippen LogP contribution is 2.07. The van der Waals surface area contributed by atoms with Crippen LogP contribution in [0.15, 0.2) is 53.2 Å². The molecule has 0 amide bonds. The molecule has 0 radical (unpaired) electrons. The Morgan fingerprint density at radius 3 is 2.12 bits per heavy atom. The second-order valence-electron chi connectivity index (χ2n) is 4.80. The molecule has 0 saturated carbocycles. The molecule has 0 unspecified atom stereocenters. The molecule has 132 valence electrons. The number of aryl methyl sites for hydroxylation is 1. The number of allylic oxidation sites excluding steroid dienone is 3. The third-order valence-corrected chi connectivity index (χ3v) is 2.94. The summed E-state index contributed by atoms with van der Waals surface area (Å²) in [5, 5.41) is 5.32. The summed E-state index contributed by atoms with van der Waals surface area (Å²) in [7, 11) is 0. The van der Waals surface area contributed by atoms with Crippen LogP contribution in [0.2, 0.25) is 0 Å². The topological polar surface area (TPSA) is 67.6 Å². The largest absolute Gasteiger partial charge is 0.321 e. The molecular weight excluding hydrogens is 303 g/mol. The Kier molecular flexibility index (Phi) is 15.1. The van der Waals surface area contributed by atoms with Crippen molar-refractivity contribution in [3.8, 4) is 12.8 Å². The molecule has 0 fully saturated rings. The lowest BCUT2D eigenvalue weighted by atomic mass is 10.1. The Bertz CT molecular complexity index is 542. The van der Waals surface area contributed by atoms with Crippen LogP contribution in [-0.2, 0) is 0 Å². The molecule has 1 rings (SSSR count). The SMILES string of the molecule is C#C.C/C=C(\C)CN(N)/C(=N\N)c1ccc(C)cc1.C/C=C\CF. The van der Waals surface area contributed by atoms with Crippen molar-refractivity contribution in [3.63, 3.8) is 0 Å². The first-order valence-electron chi connectivity index (χ1n) is 7.49. The summed E-state index contributed by atoms with van der Waals surface area (Å²) in [6, 6.07) is 7.95. The molecule has 0 atom stereocenters. The van der Waals surface area contributed by atoms with E-state index in [-0.39, 0.29) is 6.67 Å². The number of nitrogens with zero attached hydrogens (tertiary/aromatic N) is 2. The van der Waals surface area contributed by atoms with Crippen molar-refractivity contribution in [3.05, 3.63) is 59.2 Å². The van der Waals surface area contributed by atoms with Gasteiger partial charge in [-0.3, -0.25) is 5.01 Å². The van der Waals surface area contributed by atoms with Crippen molar-refractivity contribution in [2.75, 3.05) is 13.2 Å². The molecule has 0 bridgehead atoms. The van der Waals surface area contributed by atoms with Crippen LogP contribution in [0.4, 0.5) is 4.39 Å². The van der Waals surface area contributed by atoms with E-state index in [0.29, 0.717) is 12.4 Å². The van der Waals surface area contributed by atoms with Crippen LogP contribution in [0, 0.1) is 19.8 Å². The lowest BCUT2D eigenvalue weighted by Gasteiger charge is -2.20. The highest BCUT2D eigenvalue weighted by atomic mass is 19.1. The van der Waals surface area contributed by atoms with E-state index in [9.17, 15) is 4.39 Å². The summed E-state index contributed by atoms with van der Waals surface area (Å²) in [5.74, 6) is 12.0. The van der Waals surface area contributed by atoms with Crippen molar-refractivity contribution in [1.29, 1.82) is 0 Å². The summed E-state index contributed by atoms with van der Waals surface area (Å²) in [4.78, 5) is 0. The maximum Gasteiger partial charge on any atom is 0.169 e. The van der Waals surface area contributed by atoms with Crippen LogP contribution < -0.4 is 11.7 Å². The molecule has 4 nitrogen and oxygen atoms in total. The van der Waals surface area contributed by atoms with Gasteiger partial charge in [0.2, 0.25) is 0 Å². The van der Waals surface area contributed by atoms with Gasteiger partial charge >= 0.3 is 0 Å². The van der Waals surface area contributed by atoms with Gasteiger partial charge < -0.3 is 5.84 Å². The standard InChI is InChI=1S/C13H20N4.C4H7F.C2H2/c1-4-10(2)9-17(15)13(16-14)12-7-5-11(3)6-8-12;1-2-3-4-5;1-2/h4-8H,9,14-15H2,1-3H3;2-3H,4H2,1H3;1-2H/b10-4+,16-13-;3-2-;. The molecular formula is C19H29FN4. The first-order valence-corrected chi connectivity index (χ1v) is 7.49. The van der Waals surface area contributed by atoms with E-state index < -0.39 is 0 Å². The zero-order valence-electron chi connectivity index (χ0n) is 15.0. The van der Waals surface area contributed by atoms with Gasteiger partial charge in [0.15, 0.2) is 5.84 Å². The smallest absolute Gasteiger partial charge is 0.169 e. The third-order valence-electron chi connectivity index (χ3n) is 2.94. The van der Waals surface area contributed by atoms with Gasteiger partial charge in [-0.1, -0.05) is 53.6 Å². The third kappa shape index (κ3) is 10.2. The minimum absolute atomic E-state index is 0.337. The van der Waals surface area contributed by atoms with Crippen molar-refractivity contribution in [2.45, 2.75) is 27.7 Å². The van der Waals surface area contributed by atoms with E-state index in [2.05, 4.69) is 17.9 Å². The molecule has 1 aromatic rings. The normalized spacial score (nSPS) is 11.2. The monoisotopic (exact) mass is 332 g/mol. The van der Waals surface area contributed by atoms with Crippen LogP contribution in [0.5, 0.6) is 0 Å². The van der Waals surface area contributed by atoms with E-state index in [1.165, 1.54) is 17.2 Å². The van der Waals surface area contributed by atoms with E-state index in [1.54, 1.807) is 18.0 Å². The molecule has 1 aromatic carbocycles. The number of terminal acetylenes is 1. The van der Waals surface area contributed by atoms with Crippen LogP contribution in [0.3, 0.4) is 0 Å². The fourth-order valence-electron chi connectivity index (χ4n) is 1.54. The van der Waals surface area contributed by atoms with Gasteiger partial charge in [-0.2, -0.15) is 5.10 Å². The summed E-state index contributed by atoms with van der Waals surface area (Å²) in [5.41, 5.74) is 3.28. The fourth-order valence-corrected chi connectivity index (χ4v) is 1.54. The van der Waals surface area contributed by atoms with Gasteiger partial charge in [-0.05, 0) is 27.7 Å². The van der Waals surface area contributed by atoms with E-state index >= 15 is 0 Å². The number of nitrogens with two attached hydrogens (primary N) is 2. The lowest BCUT2D eigenvalue weighted by molar-refractivity contribution is 0.476. The molecule has 24 heavy (non-hydrogen) atoms. The predicted molar refractivity (Wildman–Crippen MR) is 103 cm³/mol. The average molecular weight is 332 g/mol. The van der Waals surface area contributed by atoms with Crippen LogP contribution in [-0.4, -0.2) is 24.1 Å². The van der Waals surface area contributed by atoms with E-state index in [4.69, 9.17) is 11.7 Å². The molecule has 0 saturated heterocycles. The van der Waals surface area contributed by atoms with Gasteiger partial charge in [0, 0.05) is 5.56 Å². The Morgan fingerprint density at radius 2 is 1.79 bits per heavy atom. The van der Waals surface area contributed by atoms with Crippen LogP contribution in [0.1, 0.15) is 31.9 Å². The van der Waals surface area contributed by atoms with Crippen molar-refractivity contribution in [2.24, 2.45) is 16.8 Å². The van der Waals surface area contributed by atoms with Gasteiger partial charge in [-0.15, -0.1) is 12.8 Å². The van der Waals surface area contributed by atoms with E-state index in [0.717, 1.165) is 5.56 Å². The van der Waals surface area contributed by atoms with Gasteiger partial charge in [0.25, 0.3) is 0 Å². The zero-order chi connectivity index (χ0) is 19.0. The maximum atomic E-state index is 10.9. The highest BCUT2D eigenvalue weighted by molar-refractivity contribution is 5.98. The second kappa shape index (κ2) is 15.3. The second-order valence-corrected chi connectivity index (χ2v) is 4.80. The average Bonchev–Trinajstić information content (AvgIpc) is 2.60. The summed E-state index contributed by atoms with van der Waals surface area (Å²) >= 11 is 0. The van der Waals surface area contributed by atoms with Crippen molar-refractivity contribution < 1.29 is 4.39 Å². The minimum Gasteiger partial charge on any atom is -0.321 e. The Morgan fingerprint density at radius 1 is 1.25 bits per heavy atom. The quantitative estimate of drug-likeness (QED) is 0.221. The Hall–Kier alpha value is -2.58. The summed E-state index contributed by atoms with van der Waals surface area (Å²) in [6.45, 7) is 8.10. The fraction of sp³-hybridized carbons (Fsp3) is 0.316. The lowest BCUT2D eigenvalue weighted by Crippen LogP contribution is -2.39. The van der Waals surface area contributed by atoms with Crippen molar-refractivity contribution >= 4 is 5.84 Å². The number of hydrogen-bond acceptors (Lipinski definition) is 3. The van der Waals surface area contributed by atoms with Crippen molar-refractivity contribution in [1.82, 2.24) is 5.01 Å². The zero-order valence-corrected chi connectivity index (χ0v) is 15.0.